The summed E-state index contributed by atoms with van der Waals surface area (Å²) in [7, 11) is 1.91. The molecule has 0 N–H and O–H groups in total. The van der Waals surface area contributed by atoms with E-state index < -0.39 is 0 Å². The Morgan fingerprint density at radius 3 is 2.91 bits per heavy atom. The molecular weight excluding hydrogens is 158 g/mol. The lowest BCUT2D eigenvalue weighted by molar-refractivity contribution is 0.775. The Labute approximate surface area is 68.3 Å². The zero-order valence-corrected chi connectivity index (χ0v) is 6.88. The average Bonchev–Trinajstić information content (AvgIpc) is 2.55. The third-order valence-electron chi connectivity index (χ3n) is 1.47. The number of aryl methyl sites for hydroxylation is 1. The van der Waals surface area contributed by atoms with Crippen molar-refractivity contribution in [3.05, 3.63) is 23.8 Å². The highest BCUT2D eigenvalue weighted by Crippen LogP contribution is 2.19. The van der Waals surface area contributed by atoms with E-state index in [1.807, 2.05) is 23.2 Å². The number of hydrogen-bond acceptors (Lipinski definition) is 3. The SMILES string of the molecule is Cn1nccc1-c1nccs1. The van der Waals surface area contributed by atoms with Gasteiger partial charge in [0.25, 0.3) is 0 Å². The average molecular weight is 165 g/mol. The minimum absolute atomic E-state index is 1.02. The minimum atomic E-state index is 1.02. The van der Waals surface area contributed by atoms with Gasteiger partial charge in [0.15, 0.2) is 0 Å². The fraction of sp³-hybridized carbons (Fsp3) is 0.143. The molecule has 0 aliphatic carbocycles. The number of hydrogen-bond donors (Lipinski definition) is 0. The van der Waals surface area contributed by atoms with Gasteiger partial charge in [0.2, 0.25) is 0 Å². The third-order valence-corrected chi connectivity index (χ3v) is 2.27. The standard InChI is InChI=1S/C7H7N3S/c1-10-6(2-3-9-10)7-8-4-5-11-7/h2-5H,1H3. The van der Waals surface area contributed by atoms with Crippen LogP contribution in [-0.4, -0.2) is 14.8 Å². The fourth-order valence-electron chi connectivity index (χ4n) is 0.934. The lowest BCUT2D eigenvalue weighted by atomic mass is 10.4. The second-order valence-corrected chi connectivity index (χ2v) is 3.07. The zero-order chi connectivity index (χ0) is 7.68. The zero-order valence-electron chi connectivity index (χ0n) is 6.06. The van der Waals surface area contributed by atoms with Crippen LogP contribution in [0.2, 0.25) is 0 Å². The summed E-state index contributed by atoms with van der Waals surface area (Å²) in [5, 5.41) is 7.04. The van der Waals surface area contributed by atoms with E-state index in [1.54, 1.807) is 23.7 Å². The molecular formula is C7H7N3S. The van der Waals surface area contributed by atoms with Crippen LogP contribution in [0.3, 0.4) is 0 Å². The van der Waals surface area contributed by atoms with E-state index >= 15 is 0 Å². The van der Waals surface area contributed by atoms with Gasteiger partial charge in [0.1, 0.15) is 5.01 Å². The molecule has 0 fully saturated rings. The maximum atomic E-state index is 4.18. The van der Waals surface area contributed by atoms with Gasteiger partial charge in [-0.1, -0.05) is 0 Å². The first-order valence-electron chi connectivity index (χ1n) is 3.26. The van der Waals surface area contributed by atoms with Gasteiger partial charge < -0.3 is 0 Å². The Bertz CT molecular complexity index is 336. The topological polar surface area (TPSA) is 30.7 Å². The Balaban J connectivity index is 2.53. The van der Waals surface area contributed by atoms with Crippen molar-refractivity contribution in [3.8, 4) is 10.7 Å². The van der Waals surface area contributed by atoms with Crippen LogP contribution in [0, 0.1) is 0 Å². The molecule has 0 unspecified atom stereocenters. The van der Waals surface area contributed by atoms with E-state index in [2.05, 4.69) is 10.1 Å². The molecule has 0 saturated heterocycles. The number of nitrogens with zero attached hydrogens (tertiary/aromatic N) is 3. The molecule has 0 bridgehead atoms. The van der Waals surface area contributed by atoms with E-state index in [1.165, 1.54) is 0 Å². The molecule has 0 aliphatic rings. The Hall–Kier alpha value is -1.16. The van der Waals surface area contributed by atoms with Crippen molar-refractivity contribution in [3.63, 3.8) is 0 Å². The van der Waals surface area contributed by atoms with Gasteiger partial charge in [-0.15, -0.1) is 11.3 Å². The van der Waals surface area contributed by atoms with Crippen LogP contribution in [0.4, 0.5) is 0 Å². The van der Waals surface area contributed by atoms with E-state index in [0.717, 1.165) is 10.7 Å². The molecule has 2 heterocycles. The highest BCUT2D eigenvalue weighted by atomic mass is 32.1. The summed E-state index contributed by atoms with van der Waals surface area (Å²) in [5.74, 6) is 0. The molecule has 0 atom stereocenters. The van der Waals surface area contributed by atoms with Crippen molar-refractivity contribution in [2.75, 3.05) is 0 Å². The molecule has 3 nitrogen and oxygen atoms in total. The summed E-state index contributed by atoms with van der Waals surface area (Å²) in [6.07, 6.45) is 3.57. The highest BCUT2D eigenvalue weighted by Gasteiger charge is 2.02. The summed E-state index contributed by atoms with van der Waals surface area (Å²) in [5.41, 5.74) is 1.07. The number of rotatable bonds is 1. The van der Waals surface area contributed by atoms with E-state index in [-0.39, 0.29) is 0 Å². The minimum Gasteiger partial charge on any atom is -0.266 e. The smallest absolute Gasteiger partial charge is 0.141 e. The molecule has 0 spiro atoms. The van der Waals surface area contributed by atoms with Gasteiger partial charge in [-0.25, -0.2) is 4.98 Å². The largest absolute Gasteiger partial charge is 0.266 e. The van der Waals surface area contributed by atoms with Crippen molar-refractivity contribution in [1.82, 2.24) is 14.8 Å². The van der Waals surface area contributed by atoms with Gasteiger partial charge in [0, 0.05) is 24.8 Å². The molecule has 56 valence electrons. The first kappa shape index (κ1) is 6.54. The second kappa shape index (κ2) is 2.47. The highest BCUT2D eigenvalue weighted by molar-refractivity contribution is 7.13. The monoisotopic (exact) mass is 165 g/mol. The predicted octanol–water partition coefficient (Wildman–Crippen LogP) is 1.54. The molecule has 11 heavy (non-hydrogen) atoms. The molecule has 0 aromatic carbocycles. The second-order valence-electron chi connectivity index (χ2n) is 2.18. The summed E-state index contributed by atoms with van der Waals surface area (Å²) in [4.78, 5) is 4.18. The Morgan fingerprint density at radius 1 is 1.45 bits per heavy atom. The maximum Gasteiger partial charge on any atom is 0.141 e. The maximum absolute atomic E-state index is 4.18. The van der Waals surface area contributed by atoms with Crippen LogP contribution in [0.5, 0.6) is 0 Å². The van der Waals surface area contributed by atoms with Crippen molar-refractivity contribution in [2.24, 2.45) is 7.05 Å². The van der Waals surface area contributed by atoms with Gasteiger partial charge in [-0.3, -0.25) is 4.68 Å². The quantitative estimate of drug-likeness (QED) is 0.641. The first-order chi connectivity index (χ1) is 5.38. The van der Waals surface area contributed by atoms with Crippen LogP contribution < -0.4 is 0 Å². The van der Waals surface area contributed by atoms with Gasteiger partial charge >= 0.3 is 0 Å². The first-order valence-corrected chi connectivity index (χ1v) is 4.14. The van der Waals surface area contributed by atoms with Crippen molar-refractivity contribution in [1.29, 1.82) is 0 Å². The van der Waals surface area contributed by atoms with Crippen molar-refractivity contribution in [2.45, 2.75) is 0 Å². The normalized spacial score (nSPS) is 10.3. The molecule has 2 aromatic heterocycles. The van der Waals surface area contributed by atoms with Crippen LogP contribution in [0.25, 0.3) is 10.7 Å². The molecule has 0 radical (unpaired) electrons. The summed E-state index contributed by atoms with van der Waals surface area (Å²) < 4.78 is 1.82. The Kier molecular flexibility index (Phi) is 1.47. The van der Waals surface area contributed by atoms with E-state index in [0.29, 0.717) is 0 Å². The predicted molar refractivity (Wildman–Crippen MR) is 44.3 cm³/mol. The van der Waals surface area contributed by atoms with E-state index in [9.17, 15) is 0 Å². The summed E-state index contributed by atoms with van der Waals surface area (Å²) in [6.45, 7) is 0. The van der Waals surface area contributed by atoms with Crippen LogP contribution in [-0.2, 0) is 7.05 Å². The molecule has 0 amide bonds. The van der Waals surface area contributed by atoms with Gasteiger partial charge in [-0.2, -0.15) is 5.10 Å². The van der Waals surface area contributed by atoms with Gasteiger partial charge in [0.05, 0.1) is 5.69 Å². The molecule has 2 aromatic rings. The number of thiazole rings is 1. The van der Waals surface area contributed by atoms with Crippen LogP contribution >= 0.6 is 11.3 Å². The molecule has 2 rings (SSSR count). The summed E-state index contributed by atoms with van der Waals surface area (Å²) in [6, 6.07) is 1.96. The van der Waals surface area contributed by atoms with Crippen LogP contribution in [0.1, 0.15) is 0 Å². The fourth-order valence-corrected chi connectivity index (χ4v) is 1.63. The summed E-state index contributed by atoms with van der Waals surface area (Å²) >= 11 is 1.62. The van der Waals surface area contributed by atoms with Crippen LogP contribution in [0.15, 0.2) is 23.8 Å². The molecule has 0 saturated carbocycles. The Morgan fingerprint density at radius 2 is 2.36 bits per heavy atom. The van der Waals surface area contributed by atoms with E-state index in [4.69, 9.17) is 0 Å². The number of aromatic nitrogens is 3. The van der Waals surface area contributed by atoms with Crippen molar-refractivity contribution < 1.29 is 0 Å². The van der Waals surface area contributed by atoms with Gasteiger partial charge in [-0.05, 0) is 6.07 Å². The molecule has 4 heteroatoms. The lowest BCUT2D eigenvalue weighted by Crippen LogP contribution is -1.91. The lowest BCUT2D eigenvalue weighted by Gasteiger charge is -1.94. The molecule has 0 aliphatic heterocycles. The third kappa shape index (κ3) is 1.05. The van der Waals surface area contributed by atoms with Crippen molar-refractivity contribution >= 4 is 11.3 Å².